The number of carbonyl (C=O) groups is 1. The minimum atomic E-state index is -4.48. The fourth-order valence-corrected chi connectivity index (χ4v) is 2.47. The van der Waals surface area contributed by atoms with E-state index in [0.29, 0.717) is 5.92 Å². The van der Waals surface area contributed by atoms with E-state index in [9.17, 15) is 18.0 Å². The summed E-state index contributed by atoms with van der Waals surface area (Å²) in [7, 11) is 0. The molecule has 0 saturated heterocycles. The van der Waals surface area contributed by atoms with Crippen LogP contribution >= 0.6 is 11.8 Å². The lowest BCUT2D eigenvalue weighted by Crippen LogP contribution is -2.42. The zero-order chi connectivity index (χ0) is 14.8. The number of aromatic nitrogens is 1. The van der Waals surface area contributed by atoms with Crippen LogP contribution in [-0.2, 0) is 0 Å². The smallest absolute Gasteiger partial charge is 0.348 e. The van der Waals surface area contributed by atoms with E-state index in [2.05, 4.69) is 10.3 Å². The van der Waals surface area contributed by atoms with Crippen LogP contribution in [0, 0.1) is 5.92 Å². The summed E-state index contributed by atoms with van der Waals surface area (Å²) in [4.78, 5) is 15.7. The number of pyridine rings is 1. The molecule has 1 saturated carbocycles. The van der Waals surface area contributed by atoms with Crippen molar-refractivity contribution in [3.05, 3.63) is 23.9 Å². The van der Waals surface area contributed by atoms with E-state index < -0.39 is 11.4 Å². The minimum Gasteiger partial charge on any atom is -0.348 e. The Morgan fingerprint density at radius 3 is 2.80 bits per heavy atom. The molecule has 2 rings (SSSR count). The molecular formula is C12H14F3N3OS. The Balaban J connectivity index is 2.12. The number of nitrogens with two attached hydrogens (primary N) is 1. The van der Waals surface area contributed by atoms with Crippen LogP contribution < -0.4 is 11.1 Å². The maximum atomic E-state index is 12.4. The number of hydrogen-bond acceptors (Lipinski definition) is 4. The van der Waals surface area contributed by atoms with Gasteiger partial charge in [-0.2, -0.15) is 13.2 Å². The molecule has 110 valence electrons. The lowest BCUT2D eigenvalue weighted by molar-refractivity contribution is -0.0329. The molecule has 3 N–H and O–H groups in total. The van der Waals surface area contributed by atoms with Gasteiger partial charge in [-0.25, -0.2) is 4.98 Å². The molecule has 0 radical (unpaired) electrons. The highest BCUT2D eigenvalue weighted by Crippen LogP contribution is 2.37. The summed E-state index contributed by atoms with van der Waals surface area (Å²) in [6, 6.07) is 2.58. The molecule has 1 aromatic heterocycles. The van der Waals surface area contributed by atoms with E-state index in [1.165, 1.54) is 18.3 Å². The molecule has 1 fully saturated rings. The van der Waals surface area contributed by atoms with Gasteiger partial charge < -0.3 is 11.1 Å². The van der Waals surface area contributed by atoms with E-state index in [1.807, 2.05) is 0 Å². The number of nitrogens with zero attached hydrogens (tertiary/aromatic N) is 1. The summed E-state index contributed by atoms with van der Waals surface area (Å²) in [6.07, 6.45) is 3.20. The second kappa shape index (κ2) is 6.01. The molecule has 8 heteroatoms. The first-order chi connectivity index (χ1) is 9.40. The number of amides is 1. The van der Waals surface area contributed by atoms with Crippen LogP contribution in [0.1, 0.15) is 23.2 Å². The third-order valence-corrected chi connectivity index (χ3v) is 3.74. The second-order valence-corrected chi connectivity index (χ2v) is 5.61. The van der Waals surface area contributed by atoms with Gasteiger partial charge in [0.1, 0.15) is 5.03 Å². The quantitative estimate of drug-likeness (QED) is 0.818. The number of rotatable bonds is 5. The Morgan fingerprint density at radius 1 is 1.55 bits per heavy atom. The average molecular weight is 305 g/mol. The van der Waals surface area contributed by atoms with Crippen LogP contribution in [0.4, 0.5) is 13.2 Å². The molecule has 1 aliphatic rings. The molecule has 1 heterocycles. The van der Waals surface area contributed by atoms with Crippen molar-refractivity contribution >= 4 is 17.7 Å². The highest BCUT2D eigenvalue weighted by atomic mass is 32.2. The van der Waals surface area contributed by atoms with Crippen LogP contribution in [0.3, 0.4) is 0 Å². The Hall–Kier alpha value is -1.28. The third kappa shape index (κ3) is 4.11. The molecule has 20 heavy (non-hydrogen) atoms. The molecule has 0 spiro atoms. The fraction of sp³-hybridized carbons (Fsp3) is 0.500. The van der Waals surface area contributed by atoms with Gasteiger partial charge in [0.15, 0.2) is 0 Å². The molecule has 0 aromatic carbocycles. The monoisotopic (exact) mass is 305 g/mol. The highest BCUT2D eigenvalue weighted by Gasteiger charge is 2.34. The number of carbonyl (C=O) groups excluding carboxylic acids is 1. The van der Waals surface area contributed by atoms with Gasteiger partial charge in [-0.3, -0.25) is 4.79 Å². The molecular weight excluding hydrogens is 291 g/mol. The van der Waals surface area contributed by atoms with Gasteiger partial charge in [0.05, 0.1) is 5.56 Å². The fourth-order valence-electron chi connectivity index (χ4n) is 1.87. The standard InChI is InChI=1S/C12H14F3N3OS/c13-12(14,15)20-11-8(2-1-5-17-11)10(19)18-9(6-16)7-3-4-7/h1-2,5,7,9H,3-4,6,16H2,(H,18,19). The second-order valence-electron chi connectivity index (χ2n) is 4.56. The molecule has 4 nitrogen and oxygen atoms in total. The summed E-state index contributed by atoms with van der Waals surface area (Å²) in [5.74, 6) is -0.230. The summed E-state index contributed by atoms with van der Waals surface area (Å²) >= 11 is -0.389. The van der Waals surface area contributed by atoms with Crippen LogP contribution in [0.5, 0.6) is 0 Å². The zero-order valence-corrected chi connectivity index (χ0v) is 11.3. The SMILES string of the molecule is NCC(NC(=O)c1cccnc1SC(F)(F)F)C1CC1. The lowest BCUT2D eigenvalue weighted by atomic mass is 10.1. The normalized spacial score (nSPS) is 16.8. The minimum absolute atomic E-state index is 0.0751. The number of hydrogen-bond donors (Lipinski definition) is 2. The maximum Gasteiger partial charge on any atom is 0.447 e. The highest BCUT2D eigenvalue weighted by molar-refractivity contribution is 8.00. The molecule has 1 atom stereocenters. The van der Waals surface area contributed by atoms with Crippen LogP contribution in [0.15, 0.2) is 23.4 Å². The first kappa shape index (κ1) is 15.1. The summed E-state index contributed by atoms with van der Waals surface area (Å²) in [5.41, 5.74) is 1.01. The van der Waals surface area contributed by atoms with Gasteiger partial charge in [-0.05, 0) is 30.9 Å². The summed E-state index contributed by atoms with van der Waals surface area (Å²) in [6.45, 7) is 0.276. The van der Waals surface area contributed by atoms with E-state index in [0.717, 1.165) is 12.8 Å². The summed E-state index contributed by atoms with van der Waals surface area (Å²) in [5, 5.41) is 2.34. The Morgan fingerprint density at radius 2 is 2.25 bits per heavy atom. The topological polar surface area (TPSA) is 68.0 Å². The Bertz CT molecular complexity index is 491. The van der Waals surface area contributed by atoms with Crippen molar-refractivity contribution in [3.8, 4) is 0 Å². The van der Waals surface area contributed by atoms with Crippen LogP contribution in [-0.4, -0.2) is 29.0 Å². The van der Waals surface area contributed by atoms with Crippen molar-refractivity contribution in [2.75, 3.05) is 6.54 Å². The zero-order valence-electron chi connectivity index (χ0n) is 10.5. The summed E-state index contributed by atoms with van der Waals surface area (Å²) < 4.78 is 37.3. The van der Waals surface area contributed by atoms with Crippen molar-refractivity contribution in [2.24, 2.45) is 11.7 Å². The van der Waals surface area contributed by atoms with Crippen molar-refractivity contribution in [1.29, 1.82) is 0 Å². The molecule has 1 aromatic rings. The molecule has 0 aliphatic heterocycles. The number of alkyl halides is 3. The number of halogens is 3. The van der Waals surface area contributed by atoms with Crippen molar-refractivity contribution in [3.63, 3.8) is 0 Å². The average Bonchev–Trinajstić information content (AvgIpc) is 3.18. The van der Waals surface area contributed by atoms with E-state index >= 15 is 0 Å². The molecule has 1 unspecified atom stereocenters. The Kier molecular flexibility index (Phi) is 4.54. The predicted molar refractivity (Wildman–Crippen MR) is 69.2 cm³/mol. The van der Waals surface area contributed by atoms with Crippen LogP contribution in [0.25, 0.3) is 0 Å². The van der Waals surface area contributed by atoms with Crippen molar-refractivity contribution in [2.45, 2.75) is 29.4 Å². The van der Waals surface area contributed by atoms with Gasteiger partial charge in [0.25, 0.3) is 5.91 Å². The van der Waals surface area contributed by atoms with E-state index in [-0.39, 0.29) is 34.9 Å². The molecule has 1 aliphatic carbocycles. The van der Waals surface area contributed by atoms with Gasteiger partial charge in [-0.15, -0.1) is 0 Å². The van der Waals surface area contributed by atoms with Gasteiger partial charge in [0.2, 0.25) is 0 Å². The first-order valence-corrected chi connectivity index (χ1v) is 6.94. The predicted octanol–water partition coefficient (Wildman–Crippen LogP) is 2.16. The van der Waals surface area contributed by atoms with E-state index in [4.69, 9.17) is 5.73 Å². The third-order valence-electron chi connectivity index (χ3n) is 2.99. The van der Waals surface area contributed by atoms with Gasteiger partial charge >= 0.3 is 5.51 Å². The van der Waals surface area contributed by atoms with Gasteiger partial charge in [-0.1, -0.05) is 0 Å². The van der Waals surface area contributed by atoms with Crippen molar-refractivity contribution in [1.82, 2.24) is 10.3 Å². The Labute approximate surface area is 118 Å². The van der Waals surface area contributed by atoms with Crippen LogP contribution in [0.2, 0.25) is 0 Å². The number of thioether (sulfide) groups is 1. The first-order valence-electron chi connectivity index (χ1n) is 6.12. The maximum absolute atomic E-state index is 12.4. The van der Waals surface area contributed by atoms with E-state index in [1.54, 1.807) is 0 Å². The van der Waals surface area contributed by atoms with Crippen molar-refractivity contribution < 1.29 is 18.0 Å². The molecule has 0 bridgehead atoms. The van der Waals surface area contributed by atoms with Gasteiger partial charge in [0, 0.05) is 30.5 Å². The number of nitrogens with one attached hydrogen (secondary N) is 1. The molecule has 1 amide bonds. The lowest BCUT2D eigenvalue weighted by Gasteiger charge is -2.17. The largest absolute Gasteiger partial charge is 0.447 e.